The van der Waals surface area contributed by atoms with Gasteiger partial charge in [-0.05, 0) is 37.6 Å². The number of carbonyl (C=O) groups is 2. The van der Waals surface area contributed by atoms with E-state index in [4.69, 9.17) is 16.7 Å². The van der Waals surface area contributed by atoms with Crippen LogP contribution in [0, 0.1) is 5.41 Å². The lowest BCUT2D eigenvalue weighted by Crippen LogP contribution is -2.37. The summed E-state index contributed by atoms with van der Waals surface area (Å²) in [6.45, 7) is 3.49. The molecule has 1 fully saturated rings. The average Bonchev–Trinajstić information content (AvgIpc) is 2.88. The van der Waals surface area contributed by atoms with Gasteiger partial charge in [0.25, 0.3) is 0 Å². The molecule has 1 unspecified atom stereocenters. The molecule has 108 valence electrons. The Bertz CT molecular complexity index is 539. The molecule has 0 spiro atoms. The number of aromatic carboxylic acids is 1. The van der Waals surface area contributed by atoms with Gasteiger partial charge in [-0.15, -0.1) is 0 Å². The zero-order valence-corrected chi connectivity index (χ0v) is 12.0. The highest BCUT2D eigenvalue weighted by Gasteiger charge is 2.39. The number of nitrogens with one attached hydrogen (secondary N) is 2. The summed E-state index contributed by atoms with van der Waals surface area (Å²) in [7, 11) is 0. The minimum absolute atomic E-state index is 0.0254. The first-order valence-electron chi connectivity index (χ1n) is 6.53. The zero-order chi connectivity index (χ0) is 14.8. The number of halogens is 1. The molecule has 20 heavy (non-hydrogen) atoms. The van der Waals surface area contributed by atoms with Crippen LogP contribution in [0.5, 0.6) is 0 Å². The summed E-state index contributed by atoms with van der Waals surface area (Å²) in [6.07, 6.45) is 1.56. The average molecular weight is 297 g/mol. The number of anilines is 1. The van der Waals surface area contributed by atoms with Crippen LogP contribution in [0.15, 0.2) is 18.2 Å². The van der Waals surface area contributed by atoms with Gasteiger partial charge in [0.2, 0.25) is 5.91 Å². The Labute approximate surface area is 122 Å². The van der Waals surface area contributed by atoms with E-state index in [2.05, 4.69) is 10.6 Å². The molecule has 1 aromatic carbocycles. The first-order chi connectivity index (χ1) is 9.48. The first kappa shape index (κ1) is 14.8. The number of benzene rings is 1. The normalized spacial score (nSPS) is 21.7. The lowest BCUT2D eigenvalue weighted by Gasteiger charge is -2.25. The van der Waals surface area contributed by atoms with Gasteiger partial charge < -0.3 is 15.7 Å². The van der Waals surface area contributed by atoms with Crippen molar-refractivity contribution in [2.75, 3.05) is 18.4 Å². The van der Waals surface area contributed by atoms with Crippen LogP contribution in [0.4, 0.5) is 5.69 Å². The van der Waals surface area contributed by atoms with Gasteiger partial charge in [-0.25, -0.2) is 4.79 Å². The van der Waals surface area contributed by atoms with Crippen molar-refractivity contribution in [3.8, 4) is 0 Å². The molecule has 1 aromatic rings. The van der Waals surface area contributed by atoms with Crippen molar-refractivity contribution in [1.29, 1.82) is 0 Å². The summed E-state index contributed by atoms with van der Waals surface area (Å²) in [6, 6.07) is 4.42. The number of carbonyl (C=O) groups excluding carboxylic acids is 1. The molecular weight excluding hydrogens is 280 g/mol. The molecule has 0 aliphatic carbocycles. The van der Waals surface area contributed by atoms with Crippen molar-refractivity contribution in [2.45, 2.75) is 19.8 Å². The molecule has 3 N–H and O–H groups in total. The Hall–Kier alpha value is -1.59. The second-order valence-corrected chi connectivity index (χ2v) is 5.42. The van der Waals surface area contributed by atoms with E-state index >= 15 is 0 Å². The second kappa shape index (κ2) is 5.81. The molecular formula is C14H17ClN2O3. The Kier molecular flexibility index (Phi) is 4.30. The molecule has 0 radical (unpaired) electrons. The van der Waals surface area contributed by atoms with Crippen molar-refractivity contribution < 1.29 is 14.7 Å². The van der Waals surface area contributed by atoms with E-state index in [0.717, 1.165) is 19.4 Å². The van der Waals surface area contributed by atoms with Crippen molar-refractivity contribution >= 4 is 29.2 Å². The molecule has 1 atom stereocenters. The van der Waals surface area contributed by atoms with Gasteiger partial charge in [0.05, 0.1) is 16.0 Å². The topological polar surface area (TPSA) is 78.4 Å². The van der Waals surface area contributed by atoms with Crippen molar-refractivity contribution in [3.05, 3.63) is 28.8 Å². The largest absolute Gasteiger partial charge is 0.478 e. The van der Waals surface area contributed by atoms with Gasteiger partial charge in [-0.2, -0.15) is 0 Å². The van der Waals surface area contributed by atoms with Crippen LogP contribution in [-0.4, -0.2) is 30.1 Å². The van der Waals surface area contributed by atoms with E-state index in [0.29, 0.717) is 12.2 Å². The molecule has 1 amide bonds. The minimum atomic E-state index is -1.09. The van der Waals surface area contributed by atoms with Crippen LogP contribution in [0.2, 0.25) is 5.02 Å². The van der Waals surface area contributed by atoms with E-state index in [1.54, 1.807) is 6.07 Å². The number of hydrogen-bond acceptors (Lipinski definition) is 3. The summed E-state index contributed by atoms with van der Waals surface area (Å²) in [4.78, 5) is 23.3. The molecule has 1 saturated heterocycles. The molecule has 1 aliphatic rings. The maximum absolute atomic E-state index is 12.4. The second-order valence-electron chi connectivity index (χ2n) is 5.01. The smallest absolute Gasteiger partial charge is 0.337 e. The van der Waals surface area contributed by atoms with Crippen LogP contribution in [0.25, 0.3) is 0 Å². The van der Waals surface area contributed by atoms with Gasteiger partial charge >= 0.3 is 5.97 Å². The monoisotopic (exact) mass is 296 g/mol. The SMILES string of the molecule is CCC1(C(=O)Nc2ccc(C(=O)O)c(Cl)c2)CCNC1. The molecule has 0 bridgehead atoms. The summed E-state index contributed by atoms with van der Waals surface area (Å²) in [5, 5.41) is 15.1. The van der Waals surface area contributed by atoms with Crippen LogP contribution in [-0.2, 0) is 4.79 Å². The molecule has 6 heteroatoms. The van der Waals surface area contributed by atoms with Crippen LogP contribution >= 0.6 is 11.6 Å². The van der Waals surface area contributed by atoms with E-state index in [1.165, 1.54) is 12.1 Å². The summed E-state index contributed by atoms with van der Waals surface area (Å²) < 4.78 is 0. The number of hydrogen-bond donors (Lipinski definition) is 3. The van der Waals surface area contributed by atoms with E-state index in [1.807, 2.05) is 6.92 Å². The maximum atomic E-state index is 12.4. The van der Waals surface area contributed by atoms with E-state index in [-0.39, 0.29) is 16.5 Å². The minimum Gasteiger partial charge on any atom is -0.478 e. The molecule has 2 rings (SSSR count). The lowest BCUT2D eigenvalue weighted by atomic mass is 9.83. The van der Waals surface area contributed by atoms with Crippen molar-refractivity contribution in [2.24, 2.45) is 5.41 Å². The van der Waals surface area contributed by atoms with Crippen molar-refractivity contribution in [1.82, 2.24) is 5.32 Å². The van der Waals surface area contributed by atoms with Crippen molar-refractivity contribution in [3.63, 3.8) is 0 Å². The van der Waals surface area contributed by atoms with E-state index in [9.17, 15) is 9.59 Å². The fourth-order valence-corrected chi connectivity index (χ4v) is 2.69. The molecule has 0 aromatic heterocycles. The number of carboxylic acids is 1. The molecule has 1 aliphatic heterocycles. The summed E-state index contributed by atoms with van der Waals surface area (Å²) in [5.74, 6) is -1.14. The van der Waals surface area contributed by atoms with Gasteiger partial charge in [0.1, 0.15) is 0 Å². The summed E-state index contributed by atoms with van der Waals surface area (Å²) in [5.41, 5.74) is 0.153. The number of rotatable bonds is 4. The highest BCUT2D eigenvalue weighted by atomic mass is 35.5. The third-order valence-corrected chi connectivity index (χ3v) is 4.17. The number of amides is 1. The van der Waals surface area contributed by atoms with E-state index < -0.39 is 11.4 Å². The van der Waals surface area contributed by atoms with Crippen LogP contribution < -0.4 is 10.6 Å². The Balaban J connectivity index is 2.16. The number of carboxylic acid groups (broad SMARTS) is 1. The van der Waals surface area contributed by atoms with Crippen LogP contribution in [0.1, 0.15) is 30.1 Å². The standard InChI is InChI=1S/C14H17ClN2O3/c1-2-14(5-6-16-8-14)13(20)17-9-3-4-10(12(18)19)11(15)7-9/h3-4,7,16H,2,5-6,8H2,1H3,(H,17,20)(H,18,19). The quantitative estimate of drug-likeness (QED) is 0.797. The Morgan fingerprint density at radius 1 is 1.50 bits per heavy atom. The lowest BCUT2D eigenvalue weighted by molar-refractivity contribution is -0.124. The van der Waals surface area contributed by atoms with Gasteiger partial charge in [0.15, 0.2) is 0 Å². The fourth-order valence-electron chi connectivity index (χ4n) is 2.43. The predicted molar refractivity (Wildman–Crippen MR) is 77.3 cm³/mol. The molecule has 5 nitrogen and oxygen atoms in total. The molecule has 0 saturated carbocycles. The van der Waals surface area contributed by atoms with Gasteiger partial charge in [-0.3, -0.25) is 4.79 Å². The zero-order valence-electron chi connectivity index (χ0n) is 11.2. The van der Waals surface area contributed by atoms with Gasteiger partial charge in [0, 0.05) is 12.2 Å². The van der Waals surface area contributed by atoms with Gasteiger partial charge in [-0.1, -0.05) is 18.5 Å². The third-order valence-electron chi connectivity index (χ3n) is 3.86. The highest BCUT2D eigenvalue weighted by molar-refractivity contribution is 6.33. The highest BCUT2D eigenvalue weighted by Crippen LogP contribution is 2.31. The van der Waals surface area contributed by atoms with Crippen LogP contribution in [0.3, 0.4) is 0 Å². The Morgan fingerprint density at radius 2 is 2.25 bits per heavy atom. The maximum Gasteiger partial charge on any atom is 0.337 e. The predicted octanol–water partition coefficient (Wildman–Crippen LogP) is 2.37. The Morgan fingerprint density at radius 3 is 2.75 bits per heavy atom. The third kappa shape index (κ3) is 2.78. The summed E-state index contributed by atoms with van der Waals surface area (Å²) >= 11 is 5.89. The first-order valence-corrected chi connectivity index (χ1v) is 6.91. The molecule has 1 heterocycles. The fraction of sp³-hybridized carbons (Fsp3) is 0.429.